The van der Waals surface area contributed by atoms with E-state index in [0.717, 1.165) is 36.2 Å². The van der Waals surface area contributed by atoms with E-state index in [2.05, 4.69) is 11.1 Å². The zero-order valence-electron chi connectivity index (χ0n) is 14.9. The van der Waals surface area contributed by atoms with Crippen LogP contribution < -0.4 is 0 Å². The van der Waals surface area contributed by atoms with Crippen molar-refractivity contribution in [3.05, 3.63) is 30.1 Å². The van der Waals surface area contributed by atoms with Gasteiger partial charge >= 0.3 is 0 Å². The molecule has 0 bridgehead atoms. The van der Waals surface area contributed by atoms with Crippen molar-refractivity contribution in [2.75, 3.05) is 19.7 Å². The van der Waals surface area contributed by atoms with Crippen LogP contribution in [0.2, 0.25) is 0 Å². The Hall–Kier alpha value is -1.92. The number of nitrogens with zero attached hydrogens (tertiary/aromatic N) is 3. The summed E-state index contributed by atoms with van der Waals surface area (Å²) < 4.78 is 13.7. The molecule has 1 amide bonds. The molecule has 2 aliphatic rings. The highest BCUT2D eigenvalue weighted by molar-refractivity contribution is 5.82. The summed E-state index contributed by atoms with van der Waals surface area (Å²) in [5.74, 6) is 0.115. The number of rotatable bonds is 3. The molecule has 2 aromatic heterocycles. The smallest absolute Gasteiger partial charge is 0.242 e. The van der Waals surface area contributed by atoms with Crippen LogP contribution >= 0.6 is 0 Å². The van der Waals surface area contributed by atoms with Gasteiger partial charge in [-0.2, -0.15) is 0 Å². The Bertz CT molecular complexity index is 756. The average molecular weight is 343 g/mol. The Balaban J connectivity index is 1.63. The van der Waals surface area contributed by atoms with E-state index < -0.39 is 0 Å². The van der Waals surface area contributed by atoms with Crippen molar-refractivity contribution in [3.63, 3.8) is 0 Å². The molecule has 25 heavy (non-hydrogen) atoms. The lowest BCUT2D eigenvalue weighted by Gasteiger charge is -2.35. The number of carbonyl (C=O) groups is 1. The lowest BCUT2D eigenvalue weighted by Crippen LogP contribution is -2.49. The van der Waals surface area contributed by atoms with E-state index in [4.69, 9.17) is 9.47 Å². The number of morpholine rings is 1. The van der Waals surface area contributed by atoms with Crippen molar-refractivity contribution in [1.29, 1.82) is 0 Å². The average Bonchev–Trinajstić information content (AvgIpc) is 3.22. The molecule has 3 atom stereocenters. The fourth-order valence-corrected chi connectivity index (χ4v) is 3.97. The Kier molecular flexibility index (Phi) is 4.48. The predicted molar refractivity (Wildman–Crippen MR) is 94.2 cm³/mol. The highest BCUT2D eigenvalue weighted by Gasteiger charge is 2.28. The van der Waals surface area contributed by atoms with Gasteiger partial charge in [-0.15, -0.1) is 0 Å². The topological polar surface area (TPSA) is 56.6 Å². The molecule has 2 fully saturated rings. The molecule has 4 rings (SSSR count). The molecule has 0 N–H and O–H groups in total. The number of hydrogen-bond donors (Lipinski definition) is 0. The molecule has 2 aliphatic heterocycles. The molecule has 0 unspecified atom stereocenters. The molecule has 2 aromatic rings. The summed E-state index contributed by atoms with van der Waals surface area (Å²) in [6.07, 6.45) is 4.04. The summed E-state index contributed by atoms with van der Waals surface area (Å²) in [4.78, 5) is 19.4. The van der Waals surface area contributed by atoms with Crippen LogP contribution in [-0.2, 0) is 20.8 Å². The van der Waals surface area contributed by atoms with Gasteiger partial charge in [-0.05, 0) is 44.9 Å². The summed E-state index contributed by atoms with van der Waals surface area (Å²) in [5.41, 5.74) is 1.92. The second kappa shape index (κ2) is 6.77. The maximum atomic E-state index is 12.9. The van der Waals surface area contributed by atoms with Gasteiger partial charge in [0.15, 0.2) is 0 Å². The van der Waals surface area contributed by atoms with Crippen molar-refractivity contribution < 1.29 is 14.3 Å². The number of ether oxygens (including phenoxy) is 2. The molecule has 6 heteroatoms. The van der Waals surface area contributed by atoms with Gasteiger partial charge in [0.1, 0.15) is 12.2 Å². The summed E-state index contributed by atoms with van der Waals surface area (Å²) in [5, 5.41) is 1.06. The van der Waals surface area contributed by atoms with Gasteiger partial charge in [0.05, 0.1) is 18.3 Å². The molecule has 0 spiro atoms. The minimum Gasteiger partial charge on any atom is -0.372 e. The van der Waals surface area contributed by atoms with Crippen molar-refractivity contribution in [3.8, 4) is 0 Å². The van der Waals surface area contributed by atoms with E-state index in [1.807, 2.05) is 35.4 Å². The molecule has 134 valence electrons. The maximum absolute atomic E-state index is 12.9. The molecular formula is C19H25N3O3. The highest BCUT2D eigenvalue weighted by atomic mass is 16.5. The Morgan fingerprint density at radius 3 is 2.84 bits per heavy atom. The first-order valence-electron chi connectivity index (χ1n) is 9.11. The zero-order chi connectivity index (χ0) is 17.4. The monoisotopic (exact) mass is 343 g/mol. The third kappa shape index (κ3) is 3.28. The Labute approximate surface area is 147 Å². The first-order valence-corrected chi connectivity index (χ1v) is 9.11. The third-order valence-electron chi connectivity index (χ3n) is 5.01. The van der Waals surface area contributed by atoms with E-state index in [0.29, 0.717) is 19.6 Å². The second-order valence-corrected chi connectivity index (χ2v) is 7.13. The molecule has 6 nitrogen and oxygen atoms in total. The Morgan fingerprint density at radius 1 is 1.32 bits per heavy atom. The van der Waals surface area contributed by atoms with Crippen molar-refractivity contribution in [2.45, 2.75) is 51.5 Å². The minimum atomic E-state index is 0.0598. The molecule has 0 saturated carbocycles. The summed E-state index contributed by atoms with van der Waals surface area (Å²) >= 11 is 0. The zero-order valence-corrected chi connectivity index (χ0v) is 14.9. The van der Waals surface area contributed by atoms with Gasteiger partial charge in [-0.3, -0.25) is 4.79 Å². The van der Waals surface area contributed by atoms with Crippen LogP contribution in [0.5, 0.6) is 0 Å². The van der Waals surface area contributed by atoms with Crippen LogP contribution in [0.1, 0.15) is 38.5 Å². The van der Waals surface area contributed by atoms with Crippen LogP contribution in [0.4, 0.5) is 0 Å². The number of aromatic nitrogens is 2. The van der Waals surface area contributed by atoms with Gasteiger partial charge in [0.2, 0.25) is 5.91 Å². The van der Waals surface area contributed by atoms with Crippen molar-refractivity contribution in [1.82, 2.24) is 14.5 Å². The molecule has 4 heterocycles. The number of pyridine rings is 1. The first kappa shape index (κ1) is 16.5. The van der Waals surface area contributed by atoms with Crippen LogP contribution in [0.3, 0.4) is 0 Å². The molecule has 0 aromatic carbocycles. The first-order chi connectivity index (χ1) is 12.1. The van der Waals surface area contributed by atoms with E-state index >= 15 is 0 Å². The van der Waals surface area contributed by atoms with Gasteiger partial charge in [0.25, 0.3) is 0 Å². The number of hydrogen-bond acceptors (Lipinski definition) is 4. The lowest BCUT2D eigenvalue weighted by molar-refractivity contribution is -0.143. The summed E-state index contributed by atoms with van der Waals surface area (Å²) in [6.45, 7) is 6.40. The van der Waals surface area contributed by atoms with Gasteiger partial charge < -0.3 is 18.9 Å². The van der Waals surface area contributed by atoms with Gasteiger partial charge in [-0.1, -0.05) is 0 Å². The third-order valence-corrected chi connectivity index (χ3v) is 5.01. The number of fused-ring (bicyclic) bond motifs is 1. The van der Waals surface area contributed by atoms with Crippen molar-refractivity contribution in [2.24, 2.45) is 0 Å². The molecular weight excluding hydrogens is 318 g/mol. The summed E-state index contributed by atoms with van der Waals surface area (Å²) in [7, 11) is 0. The molecule has 2 saturated heterocycles. The highest BCUT2D eigenvalue weighted by Crippen LogP contribution is 2.32. The van der Waals surface area contributed by atoms with Crippen LogP contribution in [0.25, 0.3) is 11.0 Å². The maximum Gasteiger partial charge on any atom is 0.242 e. The normalized spacial score (nSPS) is 27.1. The van der Waals surface area contributed by atoms with Gasteiger partial charge in [-0.25, -0.2) is 4.98 Å². The van der Waals surface area contributed by atoms with E-state index in [1.54, 1.807) is 6.20 Å². The molecule has 0 radical (unpaired) electrons. The van der Waals surface area contributed by atoms with Gasteiger partial charge in [0, 0.05) is 37.0 Å². The quantitative estimate of drug-likeness (QED) is 0.859. The van der Waals surface area contributed by atoms with Crippen molar-refractivity contribution >= 4 is 16.9 Å². The number of amides is 1. The van der Waals surface area contributed by atoms with Crippen LogP contribution in [0, 0.1) is 0 Å². The van der Waals surface area contributed by atoms with E-state index in [-0.39, 0.29) is 24.2 Å². The SMILES string of the molecule is C[C@@H]1CN(C(=O)Cn2c([C@@H]3CCCO3)cc3cccnc32)C[C@H](C)O1. The fourth-order valence-electron chi connectivity index (χ4n) is 3.97. The lowest BCUT2D eigenvalue weighted by atomic mass is 10.1. The standard InChI is InChI=1S/C19H25N3O3/c1-13-10-21(11-14(2)25-13)18(23)12-22-16(17-6-4-8-24-17)9-15-5-3-7-20-19(15)22/h3,5,7,9,13-14,17H,4,6,8,10-12H2,1-2H3/t13-,14+,17-/m0/s1. The summed E-state index contributed by atoms with van der Waals surface area (Å²) in [6, 6.07) is 6.09. The van der Waals surface area contributed by atoms with Crippen LogP contribution in [-0.4, -0.2) is 52.3 Å². The minimum absolute atomic E-state index is 0.0598. The second-order valence-electron chi connectivity index (χ2n) is 7.13. The fraction of sp³-hybridized carbons (Fsp3) is 0.579. The van der Waals surface area contributed by atoms with E-state index in [1.165, 1.54) is 0 Å². The molecule has 0 aliphatic carbocycles. The number of carbonyl (C=O) groups excluding carboxylic acids is 1. The Morgan fingerprint density at radius 2 is 2.12 bits per heavy atom. The predicted octanol–water partition coefficient (Wildman–Crippen LogP) is 2.52. The van der Waals surface area contributed by atoms with Crippen LogP contribution in [0.15, 0.2) is 24.4 Å². The largest absolute Gasteiger partial charge is 0.372 e. The van der Waals surface area contributed by atoms with E-state index in [9.17, 15) is 4.79 Å².